The summed E-state index contributed by atoms with van der Waals surface area (Å²) in [5.74, 6) is -0.408. The summed E-state index contributed by atoms with van der Waals surface area (Å²) in [6.07, 6.45) is 3.49. The van der Waals surface area contributed by atoms with Gasteiger partial charge in [0.25, 0.3) is 0 Å². The van der Waals surface area contributed by atoms with Crippen molar-refractivity contribution in [1.29, 1.82) is 0 Å². The number of ether oxygens (including phenoxy) is 1. The summed E-state index contributed by atoms with van der Waals surface area (Å²) in [5.41, 5.74) is -0.550. The van der Waals surface area contributed by atoms with Crippen LogP contribution in [0.3, 0.4) is 0 Å². The molecule has 0 saturated carbocycles. The zero-order valence-electron chi connectivity index (χ0n) is 8.09. The van der Waals surface area contributed by atoms with Crippen LogP contribution in [0, 0.1) is 0 Å². The molecule has 0 aromatic carbocycles. The van der Waals surface area contributed by atoms with Gasteiger partial charge in [-0.25, -0.2) is 4.79 Å². The molecule has 0 aliphatic carbocycles. The fraction of sp³-hybridized carbons (Fsp3) is 0.444. The zero-order valence-corrected chi connectivity index (χ0v) is 10.1. The van der Waals surface area contributed by atoms with E-state index >= 15 is 0 Å². The Morgan fingerprint density at radius 3 is 2.33 bits per heavy atom. The largest absolute Gasteiger partial charge is 0.452 e. The predicted molar refractivity (Wildman–Crippen MR) is 50.9 cm³/mol. The van der Waals surface area contributed by atoms with Crippen LogP contribution in [0.1, 0.15) is 20.3 Å². The van der Waals surface area contributed by atoms with Crippen molar-refractivity contribution < 1.29 is 9.53 Å². The average molecular weight is 177 g/mol. The first-order valence-corrected chi connectivity index (χ1v) is 3.57. The van der Waals surface area contributed by atoms with Crippen LogP contribution in [0.25, 0.3) is 0 Å². The Bertz CT molecular complexity index is 177. The van der Waals surface area contributed by atoms with Crippen molar-refractivity contribution in [2.45, 2.75) is 25.9 Å². The summed E-state index contributed by atoms with van der Waals surface area (Å²) in [7, 11) is 0. The van der Waals surface area contributed by atoms with Crippen molar-refractivity contribution in [2.24, 2.45) is 0 Å². The van der Waals surface area contributed by atoms with Crippen molar-refractivity contribution in [2.75, 3.05) is 0 Å². The standard InChI is InChI=1S/C9H14O2.Na/c1-5-8(10)11-9(4,6-2)7-3;/h5-6H,1-2,7H2,3-4H3;. The summed E-state index contributed by atoms with van der Waals surface area (Å²) >= 11 is 0. The number of carbonyl (C=O) groups is 1. The second kappa shape index (κ2) is 6.46. The minimum absolute atomic E-state index is 0. The zero-order chi connectivity index (χ0) is 8.91. The van der Waals surface area contributed by atoms with E-state index in [9.17, 15) is 4.79 Å². The molecule has 0 heterocycles. The van der Waals surface area contributed by atoms with Gasteiger partial charge in [-0.15, -0.1) is 0 Å². The molecule has 1 atom stereocenters. The first-order valence-electron chi connectivity index (χ1n) is 3.57. The number of hydrogen-bond acceptors (Lipinski definition) is 2. The van der Waals surface area contributed by atoms with Crippen molar-refractivity contribution in [3.8, 4) is 0 Å². The summed E-state index contributed by atoms with van der Waals surface area (Å²) in [6.45, 7) is 10.6. The first kappa shape index (κ1) is 14.5. The Labute approximate surface area is 96.0 Å². The van der Waals surface area contributed by atoms with E-state index in [0.29, 0.717) is 0 Å². The second-order valence-electron chi connectivity index (χ2n) is 2.50. The van der Waals surface area contributed by atoms with Crippen molar-refractivity contribution in [1.82, 2.24) is 0 Å². The van der Waals surface area contributed by atoms with E-state index in [-0.39, 0.29) is 29.6 Å². The molecule has 1 radical (unpaired) electrons. The van der Waals surface area contributed by atoms with Gasteiger partial charge in [-0.3, -0.25) is 0 Å². The molecule has 2 nitrogen and oxygen atoms in total. The summed E-state index contributed by atoms with van der Waals surface area (Å²) < 4.78 is 5.01. The molecule has 0 saturated heterocycles. The van der Waals surface area contributed by atoms with Crippen LogP contribution in [0.5, 0.6) is 0 Å². The third kappa shape index (κ3) is 4.75. The van der Waals surface area contributed by atoms with Crippen LogP contribution in [0.2, 0.25) is 0 Å². The molecule has 1 unspecified atom stereocenters. The molecule has 0 amide bonds. The molecule has 12 heavy (non-hydrogen) atoms. The molecule has 0 aromatic heterocycles. The molecule has 0 rings (SSSR count). The van der Waals surface area contributed by atoms with Crippen molar-refractivity contribution in [3.63, 3.8) is 0 Å². The summed E-state index contributed by atoms with van der Waals surface area (Å²) in [6, 6.07) is 0. The van der Waals surface area contributed by atoms with Gasteiger partial charge in [-0.1, -0.05) is 20.1 Å². The summed E-state index contributed by atoms with van der Waals surface area (Å²) in [4.78, 5) is 10.8. The molecular formula is C9H14NaO2. The minimum atomic E-state index is -0.550. The maximum Gasteiger partial charge on any atom is 0.331 e. The van der Waals surface area contributed by atoms with Gasteiger partial charge in [-0.05, 0) is 19.4 Å². The molecule has 0 bridgehead atoms. The van der Waals surface area contributed by atoms with Crippen LogP contribution in [0.15, 0.2) is 25.3 Å². The van der Waals surface area contributed by atoms with Gasteiger partial charge in [0.2, 0.25) is 0 Å². The molecular weight excluding hydrogens is 163 g/mol. The minimum Gasteiger partial charge on any atom is -0.452 e. The Balaban J connectivity index is 0. The van der Waals surface area contributed by atoms with Crippen molar-refractivity contribution >= 4 is 35.5 Å². The summed E-state index contributed by atoms with van der Waals surface area (Å²) in [5, 5.41) is 0. The SMILES string of the molecule is C=CC(=O)OC(C)(C=C)CC.[Na]. The monoisotopic (exact) mass is 177 g/mol. The van der Waals surface area contributed by atoms with Crippen LogP contribution >= 0.6 is 0 Å². The van der Waals surface area contributed by atoms with Crippen LogP contribution in [0.4, 0.5) is 0 Å². The van der Waals surface area contributed by atoms with Gasteiger partial charge in [0.15, 0.2) is 0 Å². The Morgan fingerprint density at radius 1 is 1.58 bits per heavy atom. The predicted octanol–water partition coefficient (Wildman–Crippen LogP) is 1.69. The molecule has 63 valence electrons. The van der Waals surface area contributed by atoms with Gasteiger partial charge < -0.3 is 4.74 Å². The molecule has 0 spiro atoms. The normalized spacial score (nSPS) is 13.5. The molecule has 0 aliphatic rings. The molecule has 0 N–H and O–H groups in total. The van der Waals surface area contributed by atoms with E-state index in [4.69, 9.17) is 4.74 Å². The van der Waals surface area contributed by atoms with E-state index in [2.05, 4.69) is 13.2 Å². The van der Waals surface area contributed by atoms with Crippen LogP contribution in [-0.4, -0.2) is 41.1 Å². The number of carbonyl (C=O) groups excluding carboxylic acids is 1. The number of rotatable bonds is 4. The fourth-order valence-electron chi connectivity index (χ4n) is 0.530. The first-order chi connectivity index (χ1) is 5.08. The van der Waals surface area contributed by atoms with Crippen LogP contribution in [-0.2, 0) is 9.53 Å². The van der Waals surface area contributed by atoms with E-state index in [0.717, 1.165) is 12.5 Å². The average Bonchev–Trinajstić information content (AvgIpc) is 2.04. The Hall–Kier alpha value is -0.0500. The van der Waals surface area contributed by atoms with Gasteiger partial charge in [-0.2, -0.15) is 0 Å². The number of esters is 1. The second-order valence-corrected chi connectivity index (χ2v) is 2.50. The van der Waals surface area contributed by atoms with E-state index in [1.165, 1.54) is 0 Å². The quantitative estimate of drug-likeness (QED) is 0.283. The van der Waals surface area contributed by atoms with E-state index in [1.54, 1.807) is 13.0 Å². The molecule has 0 aromatic rings. The van der Waals surface area contributed by atoms with Crippen molar-refractivity contribution in [3.05, 3.63) is 25.3 Å². The van der Waals surface area contributed by atoms with Crippen LogP contribution < -0.4 is 0 Å². The third-order valence-electron chi connectivity index (χ3n) is 1.63. The maximum absolute atomic E-state index is 10.8. The topological polar surface area (TPSA) is 26.3 Å². The van der Waals surface area contributed by atoms with Gasteiger partial charge in [0, 0.05) is 35.6 Å². The smallest absolute Gasteiger partial charge is 0.331 e. The van der Waals surface area contributed by atoms with Gasteiger partial charge >= 0.3 is 5.97 Å². The van der Waals surface area contributed by atoms with Gasteiger partial charge in [0.05, 0.1) is 0 Å². The third-order valence-corrected chi connectivity index (χ3v) is 1.63. The van der Waals surface area contributed by atoms with E-state index < -0.39 is 11.6 Å². The molecule has 3 heteroatoms. The fourth-order valence-corrected chi connectivity index (χ4v) is 0.530. The number of hydrogen-bond donors (Lipinski definition) is 0. The Morgan fingerprint density at radius 2 is 2.08 bits per heavy atom. The van der Waals surface area contributed by atoms with Gasteiger partial charge in [0.1, 0.15) is 5.60 Å². The molecule has 0 fully saturated rings. The molecule has 0 aliphatic heterocycles. The maximum atomic E-state index is 10.8. The Kier molecular flexibility index (Phi) is 7.80. The van der Waals surface area contributed by atoms with E-state index in [1.807, 2.05) is 6.92 Å².